The molecule has 1 aliphatic carbocycles. The SMILES string of the molecule is CCOC(=O)C(N)CCN1C(=O)C2CC2C1=O. The minimum absolute atomic E-state index is 0.0960. The van der Waals surface area contributed by atoms with E-state index >= 15 is 0 Å². The highest BCUT2D eigenvalue weighted by Gasteiger charge is 2.58. The van der Waals surface area contributed by atoms with Gasteiger partial charge in [0.2, 0.25) is 11.8 Å². The smallest absolute Gasteiger partial charge is 0.322 e. The van der Waals surface area contributed by atoms with Crippen LogP contribution in [0.5, 0.6) is 0 Å². The predicted molar refractivity (Wildman–Crippen MR) is 57.5 cm³/mol. The van der Waals surface area contributed by atoms with Crippen LogP contribution in [0.4, 0.5) is 0 Å². The van der Waals surface area contributed by atoms with Gasteiger partial charge in [0.25, 0.3) is 0 Å². The fourth-order valence-electron chi connectivity index (χ4n) is 2.11. The molecular formula is C11H16N2O4. The molecule has 2 amide bonds. The minimum Gasteiger partial charge on any atom is -0.465 e. The number of carbonyl (C=O) groups is 3. The maximum atomic E-state index is 11.6. The lowest BCUT2D eigenvalue weighted by Gasteiger charge is -2.18. The van der Waals surface area contributed by atoms with Crippen LogP contribution in [0, 0.1) is 11.8 Å². The van der Waals surface area contributed by atoms with Gasteiger partial charge >= 0.3 is 5.97 Å². The molecule has 1 saturated heterocycles. The molecule has 2 fully saturated rings. The number of nitrogens with two attached hydrogens (primary N) is 1. The zero-order valence-electron chi connectivity index (χ0n) is 9.72. The van der Waals surface area contributed by atoms with E-state index in [2.05, 4.69) is 0 Å². The Bertz CT molecular complexity index is 348. The summed E-state index contributed by atoms with van der Waals surface area (Å²) >= 11 is 0. The lowest BCUT2D eigenvalue weighted by molar-refractivity contribution is -0.147. The zero-order valence-corrected chi connectivity index (χ0v) is 9.72. The standard InChI is InChI=1S/C11H16N2O4/c1-2-17-11(16)8(12)3-4-13-9(14)6-5-7(6)10(13)15/h6-8H,2-5,12H2,1H3. The Hall–Kier alpha value is -1.43. The Labute approximate surface area is 99.1 Å². The summed E-state index contributed by atoms with van der Waals surface area (Å²) in [5.74, 6) is -0.911. The number of rotatable bonds is 5. The molecule has 2 aliphatic rings. The average molecular weight is 240 g/mol. The van der Waals surface area contributed by atoms with Crippen LogP contribution in [-0.4, -0.2) is 41.9 Å². The van der Waals surface area contributed by atoms with Gasteiger partial charge in [0.05, 0.1) is 18.4 Å². The predicted octanol–water partition coefficient (Wildman–Crippen LogP) is -0.728. The third-order valence-corrected chi connectivity index (χ3v) is 3.21. The molecule has 6 heteroatoms. The van der Waals surface area contributed by atoms with Gasteiger partial charge < -0.3 is 10.5 Å². The number of hydrogen-bond acceptors (Lipinski definition) is 5. The van der Waals surface area contributed by atoms with Crippen molar-refractivity contribution < 1.29 is 19.1 Å². The van der Waals surface area contributed by atoms with Gasteiger partial charge in [-0.1, -0.05) is 0 Å². The van der Waals surface area contributed by atoms with Gasteiger partial charge in [-0.05, 0) is 19.8 Å². The largest absolute Gasteiger partial charge is 0.465 e. The monoisotopic (exact) mass is 240 g/mol. The van der Waals surface area contributed by atoms with Crippen molar-refractivity contribution in [1.82, 2.24) is 4.90 Å². The third kappa shape index (κ3) is 2.17. The van der Waals surface area contributed by atoms with Crippen molar-refractivity contribution in [2.75, 3.05) is 13.2 Å². The van der Waals surface area contributed by atoms with E-state index in [0.29, 0.717) is 6.42 Å². The van der Waals surface area contributed by atoms with E-state index < -0.39 is 12.0 Å². The highest BCUT2D eigenvalue weighted by Crippen LogP contribution is 2.46. The molecule has 0 aromatic heterocycles. The third-order valence-electron chi connectivity index (χ3n) is 3.21. The second-order valence-electron chi connectivity index (χ2n) is 4.42. The molecule has 1 aliphatic heterocycles. The maximum absolute atomic E-state index is 11.6. The van der Waals surface area contributed by atoms with Crippen molar-refractivity contribution in [2.45, 2.75) is 25.8 Å². The Morgan fingerprint density at radius 3 is 2.59 bits per heavy atom. The van der Waals surface area contributed by atoms with Crippen LogP contribution >= 0.6 is 0 Å². The number of esters is 1. The van der Waals surface area contributed by atoms with Crippen LogP contribution in [0.15, 0.2) is 0 Å². The normalized spacial score (nSPS) is 28.0. The number of hydrogen-bond donors (Lipinski definition) is 1. The summed E-state index contributed by atoms with van der Waals surface area (Å²) in [4.78, 5) is 35.7. The first kappa shape index (κ1) is 12.0. The molecule has 6 nitrogen and oxygen atoms in total. The molecule has 0 aromatic carbocycles. The van der Waals surface area contributed by atoms with Crippen molar-refractivity contribution in [3.05, 3.63) is 0 Å². The van der Waals surface area contributed by atoms with E-state index in [-0.39, 0.29) is 43.2 Å². The molecule has 0 bridgehead atoms. The summed E-state index contributed by atoms with van der Waals surface area (Å²) in [7, 11) is 0. The van der Waals surface area contributed by atoms with Crippen molar-refractivity contribution in [3.8, 4) is 0 Å². The minimum atomic E-state index is -0.771. The van der Waals surface area contributed by atoms with Gasteiger partial charge in [-0.2, -0.15) is 0 Å². The van der Waals surface area contributed by atoms with Gasteiger partial charge in [0.15, 0.2) is 0 Å². The van der Waals surface area contributed by atoms with Crippen LogP contribution in [0.3, 0.4) is 0 Å². The molecule has 94 valence electrons. The molecule has 3 atom stereocenters. The molecule has 17 heavy (non-hydrogen) atoms. The van der Waals surface area contributed by atoms with Crippen molar-refractivity contribution in [1.29, 1.82) is 0 Å². The van der Waals surface area contributed by atoms with Crippen LogP contribution in [0.25, 0.3) is 0 Å². The van der Waals surface area contributed by atoms with E-state index in [4.69, 9.17) is 10.5 Å². The van der Waals surface area contributed by atoms with Crippen molar-refractivity contribution in [2.24, 2.45) is 17.6 Å². The number of imide groups is 1. The Kier molecular flexibility index (Phi) is 3.15. The highest BCUT2D eigenvalue weighted by atomic mass is 16.5. The quantitative estimate of drug-likeness (QED) is 0.505. The first-order valence-corrected chi connectivity index (χ1v) is 5.83. The van der Waals surface area contributed by atoms with Crippen LogP contribution in [-0.2, 0) is 19.1 Å². The number of piperidine rings is 1. The number of likely N-dealkylation sites (tertiary alicyclic amines) is 1. The second-order valence-corrected chi connectivity index (χ2v) is 4.42. The fourth-order valence-corrected chi connectivity index (χ4v) is 2.11. The number of amides is 2. The number of carbonyl (C=O) groups excluding carboxylic acids is 3. The zero-order chi connectivity index (χ0) is 12.6. The van der Waals surface area contributed by atoms with Crippen LogP contribution in [0.1, 0.15) is 19.8 Å². The molecule has 3 unspecified atom stereocenters. The maximum Gasteiger partial charge on any atom is 0.322 e. The van der Waals surface area contributed by atoms with Crippen LogP contribution in [0.2, 0.25) is 0 Å². The van der Waals surface area contributed by atoms with E-state index in [1.54, 1.807) is 6.92 Å². The summed E-state index contributed by atoms with van der Waals surface area (Å²) in [5.41, 5.74) is 5.59. The van der Waals surface area contributed by atoms with E-state index in [1.807, 2.05) is 0 Å². The molecule has 1 heterocycles. The number of fused-ring (bicyclic) bond motifs is 1. The summed E-state index contributed by atoms with van der Waals surface area (Å²) in [6, 6.07) is -0.771. The highest BCUT2D eigenvalue weighted by molar-refractivity contribution is 6.08. The van der Waals surface area contributed by atoms with Gasteiger partial charge in [-0.15, -0.1) is 0 Å². The average Bonchev–Trinajstić information content (AvgIpc) is 3.04. The van der Waals surface area contributed by atoms with Crippen LogP contribution < -0.4 is 5.73 Å². The van der Waals surface area contributed by atoms with Crippen molar-refractivity contribution in [3.63, 3.8) is 0 Å². The summed E-state index contributed by atoms with van der Waals surface area (Å²) < 4.78 is 4.75. The lowest BCUT2D eigenvalue weighted by Crippen LogP contribution is -2.40. The summed E-state index contributed by atoms with van der Waals surface area (Å²) in [6.07, 6.45) is 0.952. The van der Waals surface area contributed by atoms with Gasteiger partial charge in [0, 0.05) is 6.54 Å². The summed E-state index contributed by atoms with van der Waals surface area (Å²) in [6.45, 7) is 2.19. The van der Waals surface area contributed by atoms with Gasteiger partial charge in [0.1, 0.15) is 6.04 Å². The molecule has 1 saturated carbocycles. The topological polar surface area (TPSA) is 89.7 Å². The molecule has 0 radical (unpaired) electrons. The first-order valence-electron chi connectivity index (χ1n) is 5.83. The van der Waals surface area contributed by atoms with Gasteiger partial charge in [-0.25, -0.2) is 0 Å². The molecule has 2 N–H and O–H groups in total. The van der Waals surface area contributed by atoms with E-state index in [9.17, 15) is 14.4 Å². The van der Waals surface area contributed by atoms with Crippen molar-refractivity contribution >= 4 is 17.8 Å². The Morgan fingerprint density at radius 2 is 2.06 bits per heavy atom. The molecule has 2 rings (SSSR count). The molecular weight excluding hydrogens is 224 g/mol. The van der Waals surface area contributed by atoms with E-state index in [0.717, 1.165) is 0 Å². The number of ether oxygens (including phenoxy) is 1. The molecule has 0 spiro atoms. The van der Waals surface area contributed by atoms with E-state index in [1.165, 1.54) is 4.90 Å². The second kappa shape index (κ2) is 4.44. The van der Waals surface area contributed by atoms with Gasteiger partial charge in [-0.3, -0.25) is 19.3 Å². The Morgan fingerprint density at radius 1 is 1.47 bits per heavy atom. The first-order chi connectivity index (χ1) is 8.06. The molecule has 0 aromatic rings. The fraction of sp³-hybridized carbons (Fsp3) is 0.727. The lowest BCUT2D eigenvalue weighted by atomic mass is 10.2. The Balaban J connectivity index is 1.80. The summed E-state index contributed by atoms with van der Waals surface area (Å²) in [5, 5.41) is 0. The number of nitrogens with zero attached hydrogens (tertiary/aromatic N) is 1.